The fourth-order valence-electron chi connectivity index (χ4n) is 2.31. The second-order valence-electron chi connectivity index (χ2n) is 4.96. The molecule has 1 N–H and O–H groups in total. The van der Waals surface area contributed by atoms with Gasteiger partial charge in [0, 0.05) is 11.8 Å². The van der Waals surface area contributed by atoms with E-state index in [0.717, 1.165) is 25.0 Å². The Labute approximate surface area is 117 Å². The lowest BCUT2D eigenvalue weighted by atomic mass is 9.89. The molecule has 6 nitrogen and oxygen atoms in total. The SMILES string of the molecule is CC1CCCCC1=NNc1ccc(C#N)cc1[N+](=O)[O-]. The van der Waals surface area contributed by atoms with Crippen LogP contribution in [0.25, 0.3) is 0 Å². The quantitative estimate of drug-likeness (QED) is 0.673. The van der Waals surface area contributed by atoms with Crippen LogP contribution in [0.1, 0.15) is 38.2 Å². The van der Waals surface area contributed by atoms with E-state index in [2.05, 4.69) is 17.5 Å². The summed E-state index contributed by atoms with van der Waals surface area (Å²) in [6.07, 6.45) is 4.35. The Balaban J connectivity index is 2.23. The zero-order chi connectivity index (χ0) is 14.5. The minimum Gasteiger partial charge on any atom is -0.272 e. The van der Waals surface area contributed by atoms with Crippen molar-refractivity contribution in [1.29, 1.82) is 5.26 Å². The predicted molar refractivity (Wildman–Crippen MR) is 76.5 cm³/mol. The first-order valence-electron chi connectivity index (χ1n) is 6.63. The van der Waals surface area contributed by atoms with Crippen LogP contribution >= 0.6 is 0 Å². The van der Waals surface area contributed by atoms with Crippen LogP contribution in [0.5, 0.6) is 0 Å². The largest absolute Gasteiger partial charge is 0.295 e. The molecule has 2 rings (SSSR count). The van der Waals surface area contributed by atoms with Crippen molar-refractivity contribution in [2.45, 2.75) is 32.6 Å². The first-order chi connectivity index (χ1) is 9.61. The molecule has 20 heavy (non-hydrogen) atoms. The number of benzene rings is 1. The molecule has 0 aromatic heterocycles. The summed E-state index contributed by atoms with van der Waals surface area (Å²) in [6.45, 7) is 2.12. The highest BCUT2D eigenvalue weighted by molar-refractivity contribution is 5.88. The zero-order valence-electron chi connectivity index (χ0n) is 11.3. The maximum atomic E-state index is 11.0. The molecule has 0 heterocycles. The van der Waals surface area contributed by atoms with Crippen LogP contribution in [-0.4, -0.2) is 10.6 Å². The number of nitro groups is 1. The summed E-state index contributed by atoms with van der Waals surface area (Å²) in [7, 11) is 0. The van der Waals surface area contributed by atoms with Gasteiger partial charge in [0.05, 0.1) is 16.6 Å². The number of nitrogens with zero attached hydrogens (tertiary/aromatic N) is 3. The monoisotopic (exact) mass is 272 g/mol. The number of nitrogens with one attached hydrogen (secondary N) is 1. The maximum Gasteiger partial charge on any atom is 0.295 e. The van der Waals surface area contributed by atoms with E-state index in [4.69, 9.17) is 5.26 Å². The van der Waals surface area contributed by atoms with Gasteiger partial charge in [-0.15, -0.1) is 0 Å². The van der Waals surface area contributed by atoms with Crippen LogP contribution in [-0.2, 0) is 0 Å². The zero-order valence-corrected chi connectivity index (χ0v) is 11.3. The molecule has 1 aliphatic carbocycles. The van der Waals surface area contributed by atoms with Crippen molar-refractivity contribution in [1.82, 2.24) is 0 Å². The summed E-state index contributed by atoms with van der Waals surface area (Å²) >= 11 is 0. The van der Waals surface area contributed by atoms with Crippen molar-refractivity contribution in [3.63, 3.8) is 0 Å². The number of nitriles is 1. The molecule has 1 atom stereocenters. The number of nitro benzene ring substituents is 1. The Bertz CT molecular complexity index is 589. The van der Waals surface area contributed by atoms with E-state index in [0.29, 0.717) is 11.6 Å². The Morgan fingerprint density at radius 3 is 2.95 bits per heavy atom. The van der Waals surface area contributed by atoms with E-state index in [-0.39, 0.29) is 11.3 Å². The van der Waals surface area contributed by atoms with Gasteiger partial charge in [-0.2, -0.15) is 10.4 Å². The van der Waals surface area contributed by atoms with Gasteiger partial charge in [0.1, 0.15) is 5.69 Å². The molecule has 104 valence electrons. The highest BCUT2D eigenvalue weighted by Gasteiger charge is 2.18. The van der Waals surface area contributed by atoms with E-state index in [1.165, 1.54) is 18.6 Å². The first-order valence-corrected chi connectivity index (χ1v) is 6.63. The van der Waals surface area contributed by atoms with Gasteiger partial charge in [-0.25, -0.2) is 0 Å². The van der Waals surface area contributed by atoms with Crippen LogP contribution in [0.2, 0.25) is 0 Å². The van der Waals surface area contributed by atoms with E-state index in [1.54, 1.807) is 6.07 Å². The molecule has 0 spiro atoms. The van der Waals surface area contributed by atoms with Crippen molar-refractivity contribution >= 4 is 17.1 Å². The third-order valence-electron chi connectivity index (χ3n) is 3.53. The van der Waals surface area contributed by atoms with Crippen molar-refractivity contribution in [3.8, 4) is 6.07 Å². The van der Waals surface area contributed by atoms with Crippen LogP contribution in [0.15, 0.2) is 23.3 Å². The van der Waals surface area contributed by atoms with Crippen molar-refractivity contribution in [2.24, 2.45) is 11.0 Å². The standard InChI is InChI=1S/C14H16N4O2/c1-10-4-2-3-5-12(10)16-17-13-7-6-11(9-15)8-14(13)18(19)20/h6-8,10,17H,2-5H2,1H3. The van der Waals surface area contributed by atoms with Gasteiger partial charge in [0.15, 0.2) is 0 Å². The highest BCUT2D eigenvalue weighted by atomic mass is 16.6. The minimum atomic E-state index is -0.506. The van der Waals surface area contributed by atoms with Crippen LogP contribution in [0.3, 0.4) is 0 Å². The lowest BCUT2D eigenvalue weighted by Gasteiger charge is -2.20. The minimum absolute atomic E-state index is 0.128. The third-order valence-corrected chi connectivity index (χ3v) is 3.53. The molecule has 1 saturated carbocycles. The lowest BCUT2D eigenvalue weighted by molar-refractivity contribution is -0.384. The number of hydrogen-bond donors (Lipinski definition) is 1. The summed E-state index contributed by atoms with van der Waals surface area (Å²) in [5.41, 5.74) is 4.29. The van der Waals surface area contributed by atoms with E-state index < -0.39 is 4.92 Å². The van der Waals surface area contributed by atoms with E-state index in [9.17, 15) is 10.1 Å². The van der Waals surface area contributed by atoms with Gasteiger partial charge in [0.2, 0.25) is 0 Å². The Morgan fingerprint density at radius 2 is 2.30 bits per heavy atom. The van der Waals surface area contributed by atoms with Crippen LogP contribution in [0.4, 0.5) is 11.4 Å². The van der Waals surface area contributed by atoms with Crippen molar-refractivity contribution in [2.75, 3.05) is 5.43 Å². The van der Waals surface area contributed by atoms with Crippen molar-refractivity contribution < 1.29 is 4.92 Å². The molecule has 1 fully saturated rings. The molecule has 1 aliphatic rings. The molecule has 0 amide bonds. The molecule has 1 aromatic rings. The highest BCUT2D eigenvalue weighted by Crippen LogP contribution is 2.26. The van der Waals surface area contributed by atoms with Gasteiger partial charge in [0.25, 0.3) is 5.69 Å². The van der Waals surface area contributed by atoms with Crippen LogP contribution < -0.4 is 5.43 Å². The van der Waals surface area contributed by atoms with Gasteiger partial charge < -0.3 is 0 Å². The number of rotatable bonds is 3. The number of hydrazone groups is 1. The summed E-state index contributed by atoms with van der Waals surface area (Å²) in [4.78, 5) is 10.5. The summed E-state index contributed by atoms with van der Waals surface area (Å²) < 4.78 is 0. The molecule has 0 saturated heterocycles. The second kappa shape index (κ2) is 6.15. The molecule has 0 radical (unpaired) electrons. The average Bonchev–Trinajstić information content (AvgIpc) is 2.46. The van der Waals surface area contributed by atoms with Crippen LogP contribution in [0, 0.1) is 27.4 Å². The second-order valence-corrected chi connectivity index (χ2v) is 4.96. The first kappa shape index (κ1) is 14.0. The molecular formula is C14H16N4O2. The molecule has 0 bridgehead atoms. The number of anilines is 1. The summed E-state index contributed by atoms with van der Waals surface area (Å²) in [5, 5.41) is 24.1. The smallest absolute Gasteiger partial charge is 0.272 e. The summed E-state index contributed by atoms with van der Waals surface area (Å²) in [5.74, 6) is 0.411. The van der Waals surface area contributed by atoms with Gasteiger partial charge >= 0.3 is 0 Å². The molecule has 0 aliphatic heterocycles. The predicted octanol–water partition coefficient (Wildman–Crippen LogP) is 3.44. The van der Waals surface area contributed by atoms with E-state index >= 15 is 0 Å². The number of hydrogen-bond acceptors (Lipinski definition) is 5. The third kappa shape index (κ3) is 3.12. The topological polar surface area (TPSA) is 91.3 Å². The maximum absolute atomic E-state index is 11.0. The van der Waals surface area contributed by atoms with Gasteiger partial charge in [-0.1, -0.05) is 13.3 Å². The van der Waals surface area contributed by atoms with E-state index in [1.807, 2.05) is 6.07 Å². The fraction of sp³-hybridized carbons (Fsp3) is 0.429. The lowest BCUT2D eigenvalue weighted by Crippen LogP contribution is -2.17. The molecule has 1 unspecified atom stereocenters. The summed E-state index contributed by atoms with van der Waals surface area (Å²) in [6, 6.07) is 6.21. The fourth-order valence-corrected chi connectivity index (χ4v) is 2.31. The van der Waals surface area contributed by atoms with Gasteiger partial charge in [-0.3, -0.25) is 15.5 Å². The molecular weight excluding hydrogens is 256 g/mol. The Kier molecular flexibility index (Phi) is 4.31. The molecule has 6 heteroatoms. The Hall–Kier alpha value is -2.42. The van der Waals surface area contributed by atoms with Crippen molar-refractivity contribution in [3.05, 3.63) is 33.9 Å². The Morgan fingerprint density at radius 1 is 1.50 bits per heavy atom. The molecule has 1 aromatic carbocycles. The average molecular weight is 272 g/mol. The normalized spacial score (nSPS) is 20.4. The van der Waals surface area contributed by atoms with Gasteiger partial charge in [-0.05, 0) is 37.3 Å².